The molecule has 2 saturated heterocycles. The van der Waals surface area contributed by atoms with Gasteiger partial charge in [-0.25, -0.2) is 15.0 Å². The van der Waals surface area contributed by atoms with Crippen molar-refractivity contribution in [1.82, 2.24) is 24.8 Å². The molecule has 0 spiro atoms. The van der Waals surface area contributed by atoms with Crippen molar-refractivity contribution in [1.29, 1.82) is 0 Å². The Kier molecular flexibility index (Phi) is 8.79. The molecule has 4 heterocycles. The van der Waals surface area contributed by atoms with E-state index in [0.29, 0.717) is 17.6 Å². The second kappa shape index (κ2) is 12.5. The summed E-state index contributed by atoms with van der Waals surface area (Å²) in [7, 11) is 0. The molecule has 40 heavy (non-hydrogen) atoms. The van der Waals surface area contributed by atoms with E-state index in [0.717, 1.165) is 76.0 Å². The standard InChI is InChI=1S/C33H43N5O2/c1-24-29(13-10-25-8-11-26(12-9-25)33(2,3)4)35-23-36-31(24)32(39)38-19-14-27(15-20-38)37-21-16-28(17-22-37)40-30-7-5-6-18-34-30/h5-9,11-12,18,23,27-28H,10,13-17,19-22H2,1-4H3. The van der Waals surface area contributed by atoms with Gasteiger partial charge in [-0.2, -0.15) is 0 Å². The summed E-state index contributed by atoms with van der Waals surface area (Å²) in [5.74, 6) is 0.752. The molecule has 0 aliphatic carbocycles. The number of carbonyl (C=O) groups is 1. The van der Waals surface area contributed by atoms with Crippen LogP contribution >= 0.6 is 0 Å². The third-order valence-corrected chi connectivity index (χ3v) is 8.53. The van der Waals surface area contributed by atoms with Crippen molar-refractivity contribution in [3.63, 3.8) is 0 Å². The number of aromatic nitrogens is 3. The minimum absolute atomic E-state index is 0.0385. The molecule has 0 unspecified atom stereocenters. The fourth-order valence-electron chi connectivity index (χ4n) is 5.92. The lowest BCUT2D eigenvalue weighted by atomic mass is 9.86. The van der Waals surface area contributed by atoms with Gasteiger partial charge in [-0.15, -0.1) is 0 Å². The molecule has 1 aromatic carbocycles. The molecule has 0 radical (unpaired) electrons. The number of rotatable bonds is 7. The Bertz CT molecular complexity index is 1260. The normalized spacial score (nSPS) is 17.6. The molecule has 5 rings (SSSR count). The first-order chi connectivity index (χ1) is 19.3. The van der Waals surface area contributed by atoms with Crippen LogP contribution in [0.5, 0.6) is 5.88 Å². The summed E-state index contributed by atoms with van der Waals surface area (Å²) in [6.07, 6.45) is 9.27. The minimum Gasteiger partial charge on any atom is -0.474 e. The fourth-order valence-corrected chi connectivity index (χ4v) is 5.92. The van der Waals surface area contributed by atoms with E-state index in [9.17, 15) is 4.79 Å². The molecule has 7 nitrogen and oxygen atoms in total. The highest BCUT2D eigenvalue weighted by molar-refractivity contribution is 5.93. The number of hydrogen-bond acceptors (Lipinski definition) is 6. The third-order valence-electron chi connectivity index (χ3n) is 8.53. The van der Waals surface area contributed by atoms with E-state index in [1.54, 1.807) is 12.5 Å². The SMILES string of the molecule is Cc1c(CCc2ccc(C(C)(C)C)cc2)ncnc1C(=O)N1CCC(N2CCC(Oc3ccccn3)CC2)CC1. The van der Waals surface area contributed by atoms with Crippen LogP contribution in [0.25, 0.3) is 0 Å². The van der Waals surface area contributed by atoms with Crippen molar-refractivity contribution < 1.29 is 9.53 Å². The molecule has 0 saturated carbocycles. The van der Waals surface area contributed by atoms with Crippen molar-refractivity contribution in [2.24, 2.45) is 0 Å². The Morgan fingerprint density at radius 1 is 0.900 bits per heavy atom. The average molecular weight is 542 g/mol. The molecule has 7 heteroatoms. The number of likely N-dealkylation sites (tertiary alicyclic amines) is 2. The molecule has 2 aliphatic heterocycles. The average Bonchev–Trinajstić information content (AvgIpc) is 2.97. The van der Waals surface area contributed by atoms with Crippen molar-refractivity contribution in [2.45, 2.75) is 83.8 Å². The van der Waals surface area contributed by atoms with E-state index < -0.39 is 0 Å². The topological polar surface area (TPSA) is 71.5 Å². The summed E-state index contributed by atoms with van der Waals surface area (Å²) < 4.78 is 6.07. The number of piperidine rings is 2. The number of aryl methyl sites for hydroxylation is 2. The number of benzene rings is 1. The predicted molar refractivity (Wildman–Crippen MR) is 158 cm³/mol. The Labute approximate surface area is 239 Å². The molecule has 0 atom stereocenters. The van der Waals surface area contributed by atoms with E-state index in [1.165, 1.54) is 11.1 Å². The molecular formula is C33H43N5O2. The van der Waals surface area contributed by atoms with E-state index in [4.69, 9.17) is 4.74 Å². The highest BCUT2D eigenvalue weighted by Gasteiger charge is 2.31. The van der Waals surface area contributed by atoms with E-state index in [2.05, 4.69) is 64.9 Å². The summed E-state index contributed by atoms with van der Waals surface area (Å²) in [6.45, 7) is 12.3. The van der Waals surface area contributed by atoms with Gasteiger partial charge >= 0.3 is 0 Å². The zero-order valence-electron chi connectivity index (χ0n) is 24.5. The van der Waals surface area contributed by atoms with Crippen LogP contribution in [0.4, 0.5) is 0 Å². The largest absolute Gasteiger partial charge is 0.474 e. The van der Waals surface area contributed by atoms with Crippen molar-refractivity contribution >= 4 is 5.91 Å². The summed E-state index contributed by atoms with van der Waals surface area (Å²) in [5.41, 5.74) is 5.20. The molecule has 2 fully saturated rings. The first-order valence-corrected chi connectivity index (χ1v) is 14.8. The van der Waals surface area contributed by atoms with Crippen LogP contribution in [-0.2, 0) is 18.3 Å². The Morgan fingerprint density at radius 3 is 2.27 bits per heavy atom. The zero-order chi connectivity index (χ0) is 28.1. The van der Waals surface area contributed by atoms with Crippen LogP contribution in [0.3, 0.4) is 0 Å². The summed E-state index contributed by atoms with van der Waals surface area (Å²) in [6, 6.07) is 15.2. The number of ether oxygens (including phenoxy) is 1. The van der Waals surface area contributed by atoms with Crippen LogP contribution in [0.15, 0.2) is 55.0 Å². The van der Waals surface area contributed by atoms with E-state index >= 15 is 0 Å². The maximum Gasteiger partial charge on any atom is 0.272 e. The lowest BCUT2D eigenvalue weighted by Crippen LogP contribution is -2.50. The van der Waals surface area contributed by atoms with Gasteiger partial charge in [-0.05, 0) is 68.1 Å². The van der Waals surface area contributed by atoms with Gasteiger partial charge in [0.05, 0.1) is 0 Å². The molecule has 2 aliphatic rings. The maximum absolute atomic E-state index is 13.5. The molecule has 1 amide bonds. The van der Waals surface area contributed by atoms with Crippen LogP contribution in [0.2, 0.25) is 0 Å². The molecular weight excluding hydrogens is 498 g/mol. The molecule has 3 aromatic rings. The van der Waals surface area contributed by atoms with Crippen molar-refractivity contribution in [3.8, 4) is 5.88 Å². The van der Waals surface area contributed by atoms with Gasteiger partial charge in [0.25, 0.3) is 5.91 Å². The second-order valence-corrected chi connectivity index (χ2v) is 12.3. The van der Waals surface area contributed by atoms with Crippen LogP contribution in [-0.4, -0.2) is 69.0 Å². The Hall–Kier alpha value is -3.32. The highest BCUT2D eigenvalue weighted by Crippen LogP contribution is 2.25. The maximum atomic E-state index is 13.5. The second-order valence-electron chi connectivity index (χ2n) is 12.3. The molecule has 212 valence electrons. The van der Waals surface area contributed by atoms with Gasteiger partial charge < -0.3 is 9.64 Å². The molecule has 0 bridgehead atoms. The Balaban J connectivity index is 1.11. The first kappa shape index (κ1) is 28.2. The number of hydrogen-bond donors (Lipinski definition) is 0. The quantitative estimate of drug-likeness (QED) is 0.398. The zero-order valence-corrected chi connectivity index (χ0v) is 24.5. The van der Waals surface area contributed by atoms with E-state index in [1.807, 2.05) is 30.0 Å². The van der Waals surface area contributed by atoms with Gasteiger partial charge in [0, 0.05) is 55.7 Å². The van der Waals surface area contributed by atoms with Gasteiger partial charge in [0.15, 0.2) is 0 Å². The summed E-state index contributed by atoms with van der Waals surface area (Å²) in [4.78, 5) is 31.3. The smallest absolute Gasteiger partial charge is 0.272 e. The monoisotopic (exact) mass is 541 g/mol. The van der Waals surface area contributed by atoms with Crippen LogP contribution in [0, 0.1) is 6.92 Å². The summed E-state index contributed by atoms with van der Waals surface area (Å²) in [5, 5.41) is 0. The molecule has 2 aromatic heterocycles. The highest BCUT2D eigenvalue weighted by atomic mass is 16.5. The minimum atomic E-state index is 0.0385. The number of nitrogens with zero attached hydrogens (tertiary/aromatic N) is 5. The van der Waals surface area contributed by atoms with Gasteiger partial charge in [-0.1, -0.05) is 51.1 Å². The lowest BCUT2D eigenvalue weighted by molar-refractivity contribution is 0.0412. The predicted octanol–water partition coefficient (Wildman–Crippen LogP) is 5.41. The lowest BCUT2D eigenvalue weighted by Gasteiger charge is -2.41. The first-order valence-electron chi connectivity index (χ1n) is 14.8. The van der Waals surface area contributed by atoms with Gasteiger partial charge in [0.2, 0.25) is 5.88 Å². The summed E-state index contributed by atoms with van der Waals surface area (Å²) >= 11 is 0. The van der Waals surface area contributed by atoms with Crippen molar-refractivity contribution in [3.05, 3.63) is 83.1 Å². The number of carbonyl (C=O) groups excluding carboxylic acids is 1. The van der Waals surface area contributed by atoms with Crippen LogP contribution in [0.1, 0.15) is 79.3 Å². The van der Waals surface area contributed by atoms with E-state index in [-0.39, 0.29) is 17.4 Å². The van der Waals surface area contributed by atoms with Crippen molar-refractivity contribution in [2.75, 3.05) is 26.2 Å². The number of pyridine rings is 1. The van der Waals surface area contributed by atoms with Gasteiger partial charge in [-0.3, -0.25) is 9.69 Å². The third kappa shape index (κ3) is 6.87. The van der Waals surface area contributed by atoms with Crippen LogP contribution < -0.4 is 4.74 Å². The Morgan fingerprint density at radius 2 is 1.62 bits per heavy atom. The fraction of sp³-hybridized carbons (Fsp3) is 0.515. The number of amides is 1. The van der Waals surface area contributed by atoms with Gasteiger partial charge in [0.1, 0.15) is 18.1 Å². The molecule has 0 N–H and O–H groups in total.